The number of benzene rings is 1. The second-order valence-corrected chi connectivity index (χ2v) is 4.40. The summed E-state index contributed by atoms with van der Waals surface area (Å²) < 4.78 is 0. The van der Waals surface area contributed by atoms with Gasteiger partial charge in [0, 0.05) is 23.3 Å². The highest BCUT2D eigenvalue weighted by atomic mass is 35.5. The van der Waals surface area contributed by atoms with Gasteiger partial charge in [-0.2, -0.15) is 0 Å². The minimum atomic E-state index is 0.468. The number of anilines is 1. The number of aromatic nitrogens is 2. The molecule has 0 atom stereocenters. The molecular formula is C14H10ClN3. The molecule has 0 aliphatic carbocycles. The van der Waals surface area contributed by atoms with Gasteiger partial charge in [0.2, 0.25) is 0 Å². The summed E-state index contributed by atoms with van der Waals surface area (Å²) in [5.74, 6) is 0.468. The summed E-state index contributed by atoms with van der Waals surface area (Å²) in [7, 11) is 0. The first-order valence-corrected chi connectivity index (χ1v) is 5.88. The molecule has 2 aromatic heterocycles. The normalized spacial score (nSPS) is 10.7. The van der Waals surface area contributed by atoms with E-state index in [2.05, 4.69) is 9.97 Å². The van der Waals surface area contributed by atoms with Crippen LogP contribution in [-0.4, -0.2) is 9.97 Å². The molecule has 0 bridgehead atoms. The van der Waals surface area contributed by atoms with Crippen LogP contribution < -0.4 is 5.73 Å². The van der Waals surface area contributed by atoms with Gasteiger partial charge in [-0.05, 0) is 23.8 Å². The molecule has 18 heavy (non-hydrogen) atoms. The van der Waals surface area contributed by atoms with Crippen LogP contribution in [0.4, 0.5) is 5.82 Å². The van der Waals surface area contributed by atoms with Gasteiger partial charge in [-0.15, -0.1) is 0 Å². The van der Waals surface area contributed by atoms with Gasteiger partial charge in [-0.25, -0.2) is 4.98 Å². The zero-order valence-electron chi connectivity index (χ0n) is 9.47. The highest BCUT2D eigenvalue weighted by molar-refractivity contribution is 6.30. The third-order valence-electron chi connectivity index (χ3n) is 2.82. The van der Waals surface area contributed by atoms with E-state index in [4.69, 9.17) is 17.3 Å². The maximum absolute atomic E-state index is 5.98. The number of pyridine rings is 2. The fourth-order valence-corrected chi connectivity index (χ4v) is 2.16. The van der Waals surface area contributed by atoms with Crippen molar-refractivity contribution in [2.75, 3.05) is 5.73 Å². The van der Waals surface area contributed by atoms with Crippen LogP contribution in [0.1, 0.15) is 0 Å². The van der Waals surface area contributed by atoms with Crippen LogP contribution >= 0.6 is 11.6 Å². The van der Waals surface area contributed by atoms with Crippen molar-refractivity contribution in [2.45, 2.75) is 0 Å². The first-order chi connectivity index (χ1) is 8.75. The Bertz CT molecular complexity index is 720. The summed E-state index contributed by atoms with van der Waals surface area (Å²) in [5.41, 5.74) is 8.68. The zero-order chi connectivity index (χ0) is 12.5. The Morgan fingerprint density at radius 3 is 2.78 bits per heavy atom. The lowest BCUT2D eigenvalue weighted by atomic mass is 10.0. The average molecular weight is 256 g/mol. The molecule has 0 spiro atoms. The number of nitrogen functional groups attached to an aromatic ring is 1. The monoisotopic (exact) mass is 255 g/mol. The quantitative estimate of drug-likeness (QED) is 0.724. The van der Waals surface area contributed by atoms with Crippen LogP contribution in [0.25, 0.3) is 22.0 Å². The van der Waals surface area contributed by atoms with E-state index in [-0.39, 0.29) is 0 Å². The second kappa shape index (κ2) is 4.27. The molecule has 4 heteroatoms. The average Bonchev–Trinajstić information content (AvgIpc) is 2.41. The Labute approximate surface area is 109 Å². The lowest BCUT2D eigenvalue weighted by molar-refractivity contribution is 1.34. The summed E-state index contributed by atoms with van der Waals surface area (Å²) in [4.78, 5) is 8.41. The predicted molar refractivity (Wildman–Crippen MR) is 74.4 cm³/mol. The van der Waals surface area contributed by atoms with E-state index < -0.39 is 0 Å². The lowest BCUT2D eigenvalue weighted by Gasteiger charge is -2.08. The van der Waals surface area contributed by atoms with Gasteiger partial charge in [0.1, 0.15) is 5.82 Å². The van der Waals surface area contributed by atoms with Crippen LogP contribution in [0.5, 0.6) is 0 Å². The molecule has 0 saturated heterocycles. The summed E-state index contributed by atoms with van der Waals surface area (Å²) in [6.07, 6.45) is 3.31. The molecule has 0 radical (unpaired) electrons. The topological polar surface area (TPSA) is 51.8 Å². The Morgan fingerprint density at radius 2 is 1.89 bits per heavy atom. The van der Waals surface area contributed by atoms with Gasteiger partial charge in [-0.1, -0.05) is 29.8 Å². The van der Waals surface area contributed by atoms with Gasteiger partial charge in [0.15, 0.2) is 0 Å². The molecule has 3 aromatic rings. The standard InChI is InChI=1S/C14H10ClN3/c15-9-7-12(14(16)18-8-9)10-3-1-5-13-11(10)4-2-6-17-13/h1-8H,(H2,16,18). The molecule has 0 saturated carbocycles. The molecular weight excluding hydrogens is 246 g/mol. The summed E-state index contributed by atoms with van der Waals surface area (Å²) in [6.45, 7) is 0. The first-order valence-electron chi connectivity index (χ1n) is 5.51. The molecule has 0 aliphatic rings. The van der Waals surface area contributed by atoms with Crippen LogP contribution in [0.2, 0.25) is 5.02 Å². The Balaban J connectivity index is 2.35. The molecule has 1 aromatic carbocycles. The van der Waals surface area contributed by atoms with Crippen molar-refractivity contribution in [3.63, 3.8) is 0 Å². The summed E-state index contributed by atoms with van der Waals surface area (Å²) >= 11 is 5.98. The van der Waals surface area contributed by atoms with E-state index in [9.17, 15) is 0 Å². The van der Waals surface area contributed by atoms with Crippen molar-refractivity contribution < 1.29 is 0 Å². The fourth-order valence-electron chi connectivity index (χ4n) is 2.00. The minimum Gasteiger partial charge on any atom is -0.383 e. The van der Waals surface area contributed by atoms with E-state index in [1.54, 1.807) is 12.4 Å². The zero-order valence-corrected chi connectivity index (χ0v) is 10.2. The summed E-state index contributed by atoms with van der Waals surface area (Å²) in [6, 6.07) is 11.6. The van der Waals surface area contributed by atoms with E-state index in [1.165, 1.54) is 0 Å². The van der Waals surface area contributed by atoms with Crippen molar-refractivity contribution >= 4 is 28.3 Å². The van der Waals surface area contributed by atoms with Crippen LogP contribution in [-0.2, 0) is 0 Å². The lowest BCUT2D eigenvalue weighted by Crippen LogP contribution is -1.94. The number of nitrogens with two attached hydrogens (primary N) is 1. The van der Waals surface area contributed by atoms with Gasteiger partial charge in [0.25, 0.3) is 0 Å². The van der Waals surface area contributed by atoms with Gasteiger partial charge in [0.05, 0.1) is 10.5 Å². The number of nitrogens with zero attached hydrogens (tertiary/aromatic N) is 2. The highest BCUT2D eigenvalue weighted by Gasteiger charge is 2.08. The van der Waals surface area contributed by atoms with Crippen molar-refractivity contribution in [3.8, 4) is 11.1 Å². The number of halogens is 1. The molecule has 0 unspecified atom stereocenters. The highest BCUT2D eigenvalue weighted by Crippen LogP contribution is 2.32. The maximum Gasteiger partial charge on any atom is 0.131 e. The Morgan fingerprint density at radius 1 is 1.00 bits per heavy atom. The number of hydrogen-bond donors (Lipinski definition) is 1. The number of rotatable bonds is 1. The molecule has 3 rings (SSSR count). The molecule has 0 amide bonds. The van der Waals surface area contributed by atoms with Gasteiger partial charge >= 0.3 is 0 Å². The van der Waals surface area contributed by atoms with Crippen molar-refractivity contribution in [1.82, 2.24) is 9.97 Å². The molecule has 3 nitrogen and oxygen atoms in total. The Kier molecular flexibility index (Phi) is 2.61. The smallest absolute Gasteiger partial charge is 0.131 e. The molecule has 2 N–H and O–H groups in total. The molecule has 2 heterocycles. The third-order valence-corrected chi connectivity index (χ3v) is 3.03. The van der Waals surface area contributed by atoms with Crippen molar-refractivity contribution in [2.24, 2.45) is 0 Å². The minimum absolute atomic E-state index is 0.468. The van der Waals surface area contributed by atoms with E-state index in [0.29, 0.717) is 10.8 Å². The number of fused-ring (bicyclic) bond motifs is 1. The van der Waals surface area contributed by atoms with Crippen LogP contribution in [0.3, 0.4) is 0 Å². The fraction of sp³-hybridized carbons (Fsp3) is 0. The van der Waals surface area contributed by atoms with Crippen LogP contribution in [0.15, 0.2) is 48.8 Å². The third kappa shape index (κ3) is 1.79. The van der Waals surface area contributed by atoms with Crippen molar-refractivity contribution in [3.05, 3.63) is 53.8 Å². The number of hydrogen-bond acceptors (Lipinski definition) is 3. The van der Waals surface area contributed by atoms with Crippen LogP contribution in [0, 0.1) is 0 Å². The molecule has 0 aliphatic heterocycles. The predicted octanol–water partition coefficient (Wildman–Crippen LogP) is 3.53. The maximum atomic E-state index is 5.98. The second-order valence-electron chi connectivity index (χ2n) is 3.96. The van der Waals surface area contributed by atoms with E-state index in [1.807, 2.05) is 36.4 Å². The van der Waals surface area contributed by atoms with Gasteiger partial charge < -0.3 is 5.73 Å². The Hall–Kier alpha value is -2.13. The molecule has 0 fully saturated rings. The summed E-state index contributed by atoms with van der Waals surface area (Å²) in [5, 5.41) is 1.61. The van der Waals surface area contributed by atoms with E-state index >= 15 is 0 Å². The molecule has 88 valence electrons. The van der Waals surface area contributed by atoms with Gasteiger partial charge in [-0.3, -0.25) is 4.98 Å². The SMILES string of the molecule is Nc1ncc(Cl)cc1-c1cccc2ncccc12. The van der Waals surface area contributed by atoms with Crippen molar-refractivity contribution in [1.29, 1.82) is 0 Å². The largest absolute Gasteiger partial charge is 0.383 e. The van der Waals surface area contributed by atoms with E-state index in [0.717, 1.165) is 22.0 Å². The first kappa shape index (κ1) is 11.0.